The van der Waals surface area contributed by atoms with Gasteiger partial charge in [-0.05, 0) is 37.7 Å². The predicted molar refractivity (Wildman–Crippen MR) is 143 cm³/mol. The van der Waals surface area contributed by atoms with Gasteiger partial charge in [0, 0.05) is 31.8 Å². The molecule has 7 nitrogen and oxygen atoms in total. The molecule has 0 aliphatic carbocycles. The lowest BCUT2D eigenvalue weighted by atomic mass is 9.84. The summed E-state index contributed by atoms with van der Waals surface area (Å²) >= 11 is 0. The highest BCUT2D eigenvalue weighted by molar-refractivity contribution is 5.93. The first-order chi connectivity index (χ1) is 18.0. The monoisotopic (exact) mass is 512 g/mol. The molecule has 37 heavy (non-hydrogen) atoms. The van der Waals surface area contributed by atoms with Crippen LogP contribution in [-0.4, -0.2) is 54.7 Å². The van der Waals surface area contributed by atoms with Crippen LogP contribution in [0.5, 0.6) is 0 Å². The average molecular weight is 513 g/mol. The fourth-order valence-corrected chi connectivity index (χ4v) is 5.55. The van der Waals surface area contributed by atoms with Crippen molar-refractivity contribution in [2.75, 3.05) is 20.2 Å². The van der Waals surface area contributed by atoms with Crippen molar-refractivity contribution < 1.29 is 23.9 Å². The molecule has 2 saturated heterocycles. The fourth-order valence-electron chi connectivity index (χ4n) is 5.55. The molecule has 3 rings (SSSR count). The molecule has 0 radical (unpaired) electrons. The number of esters is 1. The maximum absolute atomic E-state index is 13.6. The van der Waals surface area contributed by atoms with E-state index < -0.39 is 23.8 Å². The second-order valence-corrected chi connectivity index (χ2v) is 10.7. The van der Waals surface area contributed by atoms with Gasteiger partial charge in [0.1, 0.15) is 11.8 Å². The van der Waals surface area contributed by atoms with Gasteiger partial charge in [-0.25, -0.2) is 4.79 Å². The first-order valence-corrected chi connectivity index (χ1v) is 14.2. The number of methoxy groups -OCH3 is 1. The van der Waals surface area contributed by atoms with Crippen LogP contribution in [0.15, 0.2) is 30.3 Å². The number of nitrogens with zero attached hydrogens (tertiary/aromatic N) is 1. The maximum Gasteiger partial charge on any atom is 0.328 e. The molecule has 1 N–H and O–H groups in total. The van der Waals surface area contributed by atoms with Gasteiger partial charge in [-0.15, -0.1) is 0 Å². The molecule has 2 heterocycles. The van der Waals surface area contributed by atoms with E-state index in [0.717, 1.165) is 69.8 Å². The quantitative estimate of drug-likeness (QED) is 0.582. The number of hydrogen-bond acceptors (Lipinski definition) is 5. The molecule has 0 bridgehead atoms. The number of carbonyl (C=O) groups is 4. The first kappa shape index (κ1) is 28.9. The smallest absolute Gasteiger partial charge is 0.328 e. The van der Waals surface area contributed by atoms with Crippen molar-refractivity contribution in [3.8, 4) is 0 Å². The number of ether oxygens (including phenoxy) is 1. The Balaban J connectivity index is 1.80. The van der Waals surface area contributed by atoms with Crippen LogP contribution in [0.3, 0.4) is 0 Å². The molecule has 0 saturated carbocycles. The molecule has 2 fully saturated rings. The molecule has 0 aromatic heterocycles. The highest BCUT2D eigenvalue weighted by atomic mass is 16.5. The zero-order valence-corrected chi connectivity index (χ0v) is 22.4. The number of benzene rings is 1. The van der Waals surface area contributed by atoms with E-state index in [9.17, 15) is 19.2 Å². The third-order valence-corrected chi connectivity index (χ3v) is 7.83. The summed E-state index contributed by atoms with van der Waals surface area (Å²) in [6.07, 6.45) is 11.1. The Morgan fingerprint density at radius 2 is 1.49 bits per heavy atom. The van der Waals surface area contributed by atoms with Crippen LogP contribution in [0.4, 0.5) is 0 Å². The summed E-state index contributed by atoms with van der Waals surface area (Å²) in [5.41, 5.74) is 1.11. The standard InChI is InChI=1S/C30H44N2O5/c1-37-30(36)26-17-11-6-4-2-3-5-10-16-24(20-23-14-8-7-9-15-23)27(33)21-25(29(35)31-26)22-28(34)32-18-12-13-19-32/h7-9,14-15,24-26H,2-6,10-13,16-22H2,1H3,(H,31,35)/t24-,25-,26-/m0/s1. The van der Waals surface area contributed by atoms with Gasteiger partial charge < -0.3 is 15.0 Å². The third-order valence-electron chi connectivity index (χ3n) is 7.83. The van der Waals surface area contributed by atoms with Crippen molar-refractivity contribution in [1.29, 1.82) is 0 Å². The molecule has 2 amide bonds. The summed E-state index contributed by atoms with van der Waals surface area (Å²) in [6.45, 7) is 1.39. The molecule has 3 atom stereocenters. The van der Waals surface area contributed by atoms with Gasteiger partial charge in [0.05, 0.1) is 13.0 Å². The number of rotatable bonds is 5. The zero-order valence-electron chi connectivity index (χ0n) is 22.4. The summed E-state index contributed by atoms with van der Waals surface area (Å²) in [6, 6.07) is 9.24. The van der Waals surface area contributed by atoms with E-state index in [0.29, 0.717) is 25.9 Å². The molecule has 1 aromatic rings. The Morgan fingerprint density at radius 1 is 0.865 bits per heavy atom. The lowest BCUT2D eigenvalue weighted by molar-refractivity contribution is -0.146. The van der Waals surface area contributed by atoms with Crippen molar-refractivity contribution >= 4 is 23.6 Å². The number of ketones is 1. The maximum atomic E-state index is 13.6. The van der Waals surface area contributed by atoms with Crippen molar-refractivity contribution in [2.45, 2.75) is 95.9 Å². The number of carbonyl (C=O) groups excluding carboxylic acids is 4. The number of nitrogens with one attached hydrogen (secondary N) is 1. The molecule has 2 aliphatic heterocycles. The number of amides is 2. The Hall–Kier alpha value is -2.70. The SMILES string of the molecule is COC(=O)[C@@H]1CCCCCCCCC[C@@H](Cc2ccccc2)C(=O)C[C@@H](CC(=O)N2CCCC2)C(=O)N1. The lowest BCUT2D eigenvalue weighted by Crippen LogP contribution is -2.46. The zero-order chi connectivity index (χ0) is 26.5. The van der Waals surface area contributed by atoms with E-state index >= 15 is 0 Å². The minimum atomic E-state index is -0.793. The van der Waals surface area contributed by atoms with Gasteiger partial charge in [0.2, 0.25) is 11.8 Å². The number of likely N-dealkylation sites (tertiary alicyclic amines) is 1. The summed E-state index contributed by atoms with van der Waals surface area (Å²) in [5.74, 6) is -1.92. The van der Waals surface area contributed by atoms with Crippen LogP contribution < -0.4 is 5.32 Å². The second-order valence-electron chi connectivity index (χ2n) is 10.7. The van der Waals surface area contributed by atoms with Gasteiger partial charge >= 0.3 is 5.97 Å². The largest absolute Gasteiger partial charge is 0.467 e. The van der Waals surface area contributed by atoms with Crippen LogP contribution in [0, 0.1) is 11.8 Å². The van der Waals surface area contributed by atoms with E-state index in [1.165, 1.54) is 7.11 Å². The van der Waals surface area contributed by atoms with Crippen molar-refractivity contribution in [2.24, 2.45) is 11.8 Å². The van der Waals surface area contributed by atoms with Gasteiger partial charge in [-0.3, -0.25) is 14.4 Å². The highest BCUT2D eigenvalue weighted by Gasteiger charge is 2.33. The first-order valence-electron chi connectivity index (χ1n) is 14.2. The third kappa shape index (κ3) is 9.60. The number of Topliss-reactive ketones (excluding diaryl/α,β-unsaturated/α-hetero) is 1. The van der Waals surface area contributed by atoms with Gasteiger partial charge in [-0.1, -0.05) is 75.3 Å². The normalized spacial score (nSPS) is 24.9. The van der Waals surface area contributed by atoms with Gasteiger partial charge in [0.25, 0.3) is 0 Å². The molecule has 0 unspecified atom stereocenters. The number of hydrogen-bond donors (Lipinski definition) is 1. The molecule has 7 heteroatoms. The van der Waals surface area contributed by atoms with Crippen LogP contribution in [0.25, 0.3) is 0 Å². The molecule has 204 valence electrons. The summed E-state index contributed by atoms with van der Waals surface area (Å²) in [4.78, 5) is 54.3. The van der Waals surface area contributed by atoms with Crippen LogP contribution in [0.1, 0.15) is 89.0 Å². The predicted octanol–water partition coefficient (Wildman–Crippen LogP) is 4.62. The Kier molecular flexibility index (Phi) is 12.1. The minimum absolute atomic E-state index is 0.0104. The van der Waals surface area contributed by atoms with Crippen molar-refractivity contribution in [1.82, 2.24) is 10.2 Å². The van der Waals surface area contributed by atoms with Gasteiger partial charge in [-0.2, -0.15) is 0 Å². The molecular weight excluding hydrogens is 468 g/mol. The summed E-state index contributed by atoms with van der Waals surface area (Å²) < 4.78 is 4.95. The van der Waals surface area contributed by atoms with Crippen LogP contribution in [-0.2, 0) is 30.3 Å². The molecule has 0 spiro atoms. The van der Waals surface area contributed by atoms with E-state index in [4.69, 9.17) is 4.74 Å². The minimum Gasteiger partial charge on any atom is -0.467 e. The fraction of sp³-hybridized carbons (Fsp3) is 0.667. The average Bonchev–Trinajstić information content (AvgIpc) is 3.45. The summed E-state index contributed by atoms with van der Waals surface area (Å²) in [5, 5.41) is 2.84. The van der Waals surface area contributed by atoms with Crippen molar-refractivity contribution in [3.05, 3.63) is 35.9 Å². The Bertz CT molecular complexity index is 881. The summed E-state index contributed by atoms with van der Waals surface area (Å²) in [7, 11) is 1.32. The van der Waals surface area contributed by atoms with Crippen LogP contribution in [0.2, 0.25) is 0 Å². The van der Waals surface area contributed by atoms with E-state index in [-0.39, 0.29) is 30.4 Å². The van der Waals surface area contributed by atoms with Crippen molar-refractivity contribution in [3.63, 3.8) is 0 Å². The van der Waals surface area contributed by atoms with E-state index in [1.54, 1.807) is 4.90 Å². The lowest BCUT2D eigenvalue weighted by Gasteiger charge is -2.25. The van der Waals surface area contributed by atoms with Crippen LogP contribution >= 0.6 is 0 Å². The van der Waals surface area contributed by atoms with E-state index in [1.807, 2.05) is 30.3 Å². The Labute approximate surface area is 221 Å². The second kappa shape index (κ2) is 15.5. The highest BCUT2D eigenvalue weighted by Crippen LogP contribution is 2.24. The topological polar surface area (TPSA) is 92.8 Å². The molecule has 1 aromatic carbocycles. The molecular formula is C30H44N2O5. The molecule has 2 aliphatic rings. The Morgan fingerprint density at radius 3 is 2.14 bits per heavy atom. The van der Waals surface area contributed by atoms with Gasteiger partial charge in [0.15, 0.2) is 0 Å². The van der Waals surface area contributed by atoms with E-state index in [2.05, 4.69) is 5.32 Å².